The second kappa shape index (κ2) is 7.61. The molecule has 2 aromatic rings. The molecule has 4 heterocycles. The van der Waals surface area contributed by atoms with Crippen molar-refractivity contribution in [3.8, 4) is 0 Å². The smallest absolute Gasteiger partial charge is 0.261 e. The van der Waals surface area contributed by atoms with Crippen molar-refractivity contribution in [2.45, 2.75) is 63.5 Å². The predicted molar refractivity (Wildman–Crippen MR) is 109 cm³/mol. The molecular weight excluding hydrogens is 372 g/mol. The second-order valence-corrected chi connectivity index (χ2v) is 9.23. The standard InChI is InChI=1S/C21H28N4O2S/c26-20(23-13-17-15-4-2-1-3-5-16(15)24-25-17)18-12-14-6-11-27-21(19(14)28-18)7-9-22-10-8-21/h12,22H,1-11,13H2,(H,23,26)(H,24,25). The molecule has 6 nitrogen and oxygen atoms in total. The van der Waals surface area contributed by atoms with Gasteiger partial charge in [0.2, 0.25) is 0 Å². The van der Waals surface area contributed by atoms with Gasteiger partial charge in [-0.1, -0.05) is 6.42 Å². The van der Waals surface area contributed by atoms with Crippen molar-refractivity contribution < 1.29 is 9.53 Å². The van der Waals surface area contributed by atoms with Crippen LogP contribution in [-0.2, 0) is 36.1 Å². The molecule has 0 radical (unpaired) electrons. The lowest BCUT2D eigenvalue weighted by Gasteiger charge is -2.40. The number of fused-ring (bicyclic) bond motifs is 3. The lowest BCUT2D eigenvalue weighted by molar-refractivity contribution is -0.0771. The molecule has 1 fully saturated rings. The molecular formula is C21H28N4O2S. The second-order valence-electron chi connectivity index (χ2n) is 8.18. The number of hydrogen-bond acceptors (Lipinski definition) is 5. The van der Waals surface area contributed by atoms with Gasteiger partial charge in [0.1, 0.15) is 5.60 Å². The zero-order valence-corrected chi connectivity index (χ0v) is 17.1. The first kappa shape index (κ1) is 18.3. The molecule has 0 bridgehead atoms. The Labute approximate surface area is 169 Å². The molecule has 2 aliphatic heterocycles. The van der Waals surface area contributed by atoms with Crippen LogP contribution in [0.4, 0.5) is 0 Å². The molecule has 5 rings (SSSR count). The molecule has 0 saturated carbocycles. The summed E-state index contributed by atoms with van der Waals surface area (Å²) in [4.78, 5) is 15.0. The summed E-state index contributed by atoms with van der Waals surface area (Å²) in [7, 11) is 0. The maximum Gasteiger partial charge on any atom is 0.261 e. The van der Waals surface area contributed by atoms with Gasteiger partial charge in [0.15, 0.2) is 0 Å². The molecule has 0 unspecified atom stereocenters. The van der Waals surface area contributed by atoms with Gasteiger partial charge in [-0.25, -0.2) is 0 Å². The summed E-state index contributed by atoms with van der Waals surface area (Å²) in [6.45, 7) is 3.20. The van der Waals surface area contributed by atoms with Crippen molar-refractivity contribution in [2.24, 2.45) is 0 Å². The van der Waals surface area contributed by atoms with Crippen LogP contribution >= 0.6 is 11.3 Å². The van der Waals surface area contributed by atoms with E-state index in [4.69, 9.17) is 4.74 Å². The Morgan fingerprint density at radius 1 is 1.21 bits per heavy atom. The molecule has 1 aliphatic carbocycles. The van der Waals surface area contributed by atoms with E-state index in [-0.39, 0.29) is 11.5 Å². The summed E-state index contributed by atoms with van der Waals surface area (Å²) in [5.41, 5.74) is 4.71. The number of thiophene rings is 1. The summed E-state index contributed by atoms with van der Waals surface area (Å²) in [5.74, 6) is 0.00820. The third-order valence-corrected chi connectivity index (χ3v) is 7.78. The number of carbonyl (C=O) groups is 1. The molecule has 3 aliphatic rings. The number of hydrogen-bond donors (Lipinski definition) is 3. The van der Waals surface area contributed by atoms with Crippen LogP contribution in [-0.4, -0.2) is 35.8 Å². The predicted octanol–water partition coefficient (Wildman–Crippen LogP) is 2.82. The number of carbonyl (C=O) groups excluding carboxylic acids is 1. The van der Waals surface area contributed by atoms with Crippen LogP contribution in [0.2, 0.25) is 0 Å². The minimum Gasteiger partial charge on any atom is -0.369 e. The van der Waals surface area contributed by atoms with E-state index in [1.165, 1.54) is 41.0 Å². The summed E-state index contributed by atoms with van der Waals surface area (Å²) in [5, 5.41) is 14.2. The number of H-pyrrole nitrogens is 1. The Balaban J connectivity index is 1.31. The van der Waals surface area contributed by atoms with Gasteiger partial charge in [0, 0.05) is 10.6 Å². The van der Waals surface area contributed by atoms with Crippen LogP contribution in [0.25, 0.3) is 0 Å². The Morgan fingerprint density at radius 2 is 2.07 bits per heavy atom. The molecule has 3 N–H and O–H groups in total. The van der Waals surface area contributed by atoms with Crippen LogP contribution in [0.1, 0.15) is 69.2 Å². The van der Waals surface area contributed by atoms with Crippen LogP contribution in [0.15, 0.2) is 6.07 Å². The quantitative estimate of drug-likeness (QED) is 0.693. The molecule has 1 saturated heterocycles. The van der Waals surface area contributed by atoms with Crippen LogP contribution < -0.4 is 10.6 Å². The van der Waals surface area contributed by atoms with E-state index in [0.29, 0.717) is 6.54 Å². The third kappa shape index (κ3) is 3.29. The third-order valence-electron chi connectivity index (χ3n) is 6.42. The van der Waals surface area contributed by atoms with E-state index in [2.05, 4.69) is 26.9 Å². The molecule has 7 heteroatoms. The zero-order chi connectivity index (χ0) is 19.0. The number of aromatic nitrogens is 2. The highest BCUT2D eigenvalue weighted by molar-refractivity contribution is 7.14. The van der Waals surface area contributed by atoms with Crippen molar-refractivity contribution in [2.75, 3.05) is 19.7 Å². The maximum atomic E-state index is 12.9. The van der Waals surface area contributed by atoms with E-state index in [1.54, 1.807) is 11.3 Å². The van der Waals surface area contributed by atoms with Crippen molar-refractivity contribution in [3.05, 3.63) is 38.3 Å². The number of aromatic amines is 1. The summed E-state index contributed by atoms with van der Waals surface area (Å²) >= 11 is 1.63. The molecule has 1 amide bonds. The monoisotopic (exact) mass is 400 g/mol. The maximum absolute atomic E-state index is 12.9. The van der Waals surface area contributed by atoms with Crippen LogP contribution in [0, 0.1) is 0 Å². The first-order chi connectivity index (χ1) is 13.8. The summed E-state index contributed by atoms with van der Waals surface area (Å²) < 4.78 is 6.24. The average Bonchev–Trinajstić information content (AvgIpc) is 3.25. The molecule has 2 aromatic heterocycles. The lowest BCUT2D eigenvalue weighted by atomic mass is 9.86. The Bertz CT molecular complexity index is 866. The molecule has 1 spiro atoms. The highest BCUT2D eigenvalue weighted by Crippen LogP contribution is 2.44. The minimum absolute atomic E-state index is 0.00820. The number of ether oxygens (including phenoxy) is 1. The van der Waals surface area contributed by atoms with Crippen molar-refractivity contribution >= 4 is 17.2 Å². The molecule has 0 aromatic carbocycles. The fourth-order valence-corrected chi connectivity index (χ4v) is 6.19. The molecule has 28 heavy (non-hydrogen) atoms. The van der Waals surface area contributed by atoms with Gasteiger partial charge < -0.3 is 15.4 Å². The molecule has 0 atom stereocenters. The van der Waals surface area contributed by atoms with Crippen molar-refractivity contribution in [1.29, 1.82) is 0 Å². The zero-order valence-electron chi connectivity index (χ0n) is 16.2. The van der Waals surface area contributed by atoms with Gasteiger partial charge in [-0.2, -0.15) is 5.10 Å². The number of aryl methyl sites for hydroxylation is 1. The SMILES string of the molecule is O=C(NCc1n[nH]c2c1CCCCC2)c1cc2c(s1)C1(CCNCC1)OCC2. The van der Waals surface area contributed by atoms with Gasteiger partial charge >= 0.3 is 0 Å². The van der Waals surface area contributed by atoms with Crippen LogP contribution in [0.5, 0.6) is 0 Å². The lowest BCUT2D eigenvalue weighted by Crippen LogP contribution is -2.43. The van der Waals surface area contributed by atoms with E-state index in [0.717, 1.165) is 62.4 Å². The van der Waals surface area contributed by atoms with Gasteiger partial charge in [-0.15, -0.1) is 11.3 Å². The fourth-order valence-electron chi connectivity index (χ4n) is 4.86. The molecule has 150 valence electrons. The van der Waals surface area contributed by atoms with Crippen LogP contribution in [0.3, 0.4) is 0 Å². The van der Waals surface area contributed by atoms with Crippen molar-refractivity contribution in [1.82, 2.24) is 20.8 Å². The Hall–Kier alpha value is -1.70. The van der Waals surface area contributed by atoms with Crippen molar-refractivity contribution in [3.63, 3.8) is 0 Å². The van der Waals surface area contributed by atoms with Gasteiger partial charge in [-0.05, 0) is 75.2 Å². The first-order valence-corrected chi connectivity index (χ1v) is 11.4. The van der Waals surface area contributed by atoms with E-state index in [1.807, 2.05) is 0 Å². The van der Waals surface area contributed by atoms with Gasteiger partial charge in [-0.3, -0.25) is 9.89 Å². The Kier molecular flexibility index (Phi) is 4.99. The number of nitrogens with zero attached hydrogens (tertiary/aromatic N) is 1. The number of rotatable bonds is 3. The topological polar surface area (TPSA) is 79.0 Å². The number of nitrogens with one attached hydrogen (secondary N) is 3. The largest absolute Gasteiger partial charge is 0.369 e. The van der Waals surface area contributed by atoms with Gasteiger partial charge in [0.25, 0.3) is 5.91 Å². The van der Waals surface area contributed by atoms with E-state index in [9.17, 15) is 4.79 Å². The minimum atomic E-state index is -0.179. The van der Waals surface area contributed by atoms with E-state index < -0.39 is 0 Å². The fraction of sp³-hybridized carbons (Fsp3) is 0.619. The number of amides is 1. The highest BCUT2D eigenvalue weighted by atomic mass is 32.1. The Morgan fingerprint density at radius 3 is 2.96 bits per heavy atom. The average molecular weight is 401 g/mol. The summed E-state index contributed by atoms with van der Waals surface area (Å²) in [6, 6.07) is 2.09. The first-order valence-electron chi connectivity index (χ1n) is 10.6. The van der Waals surface area contributed by atoms with Gasteiger partial charge in [0.05, 0.1) is 23.7 Å². The highest BCUT2D eigenvalue weighted by Gasteiger charge is 2.41. The normalized spacial score (nSPS) is 21.0. The van der Waals surface area contributed by atoms with E-state index >= 15 is 0 Å². The summed E-state index contributed by atoms with van der Waals surface area (Å²) in [6.07, 6.45) is 8.73. The number of piperidine rings is 1.